The number of rotatable bonds is 8. The Bertz CT molecular complexity index is 1350. The van der Waals surface area contributed by atoms with E-state index in [1.54, 1.807) is 14.0 Å². The number of hydrogen-bond donors (Lipinski definition) is 1. The molecular formula is C24H22N4O5S. The number of ether oxygens (including phenoxy) is 2. The first kappa shape index (κ1) is 23.1. The van der Waals surface area contributed by atoms with Crippen molar-refractivity contribution in [2.75, 3.05) is 19.5 Å². The second kappa shape index (κ2) is 9.84. The summed E-state index contributed by atoms with van der Waals surface area (Å²) in [6.45, 7) is 1.75. The smallest absolute Gasteiger partial charge is 0.271 e. The summed E-state index contributed by atoms with van der Waals surface area (Å²) in [6, 6.07) is 19.4. The Balaban J connectivity index is 1.63. The molecule has 3 aromatic carbocycles. The highest BCUT2D eigenvalue weighted by atomic mass is 32.2. The van der Waals surface area contributed by atoms with Crippen molar-refractivity contribution in [3.63, 3.8) is 0 Å². The first-order valence-corrected chi connectivity index (χ1v) is 11.2. The van der Waals surface area contributed by atoms with Crippen molar-refractivity contribution in [1.82, 2.24) is 9.55 Å². The van der Waals surface area contributed by atoms with Crippen LogP contribution >= 0.6 is 11.8 Å². The van der Waals surface area contributed by atoms with Gasteiger partial charge in [0.2, 0.25) is 5.91 Å². The van der Waals surface area contributed by atoms with Crippen LogP contribution in [0.4, 0.5) is 11.4 Å². The van der Waals surface area contributed by atoms with Gasteiger partial charge in [-0.15, -0.1) is 0 Å². The molecule has 174 valence electrons. The lowest BCUT2D eigenvalue weighted by Crippen LogP contribution is -2.23. The fraction of sp³-hybridized carbons (Fsp3) is 0.167. The van der Waals surface area contributed by atoms with Gasteiger partial charge in [0, 0.05) is 17.8 Å². The zero-order valence-electron chi connectivity index (χ0n) is 18.7. The van der Waals surface area contributed by atoms with Gasteiger partial charge in [-0.3, -0.25) is 19.5 Å². The Labute approximate surface area is 199 Å². The predicted molar refractivity (Wildman–Crippen MR) is 131 cm³/mol. The van der Waals surface area contributed by atoms with Crippen molar-refractivity contribution in [2.45, 2.75) is 17.3 Å². The van der Waals surface area contributed by atoms with Crippen LogP contribution in [0.15, 0.2) is 71.9 Å². The fourth-order valence-corrected chi connectivity index (χ4v) is 4.36. The van der Waals surface area contributed by atoms with Gasteiger partial charge in [0.05, 0.1) is 41.1 Å². The molecule has 1 heterocycles. The van der Waals surface area contributed by atoms with Crippen molar-refractivity contribution in [3.05, 3.63) is 76.8 Å². The van der Waals surface area contributed by atoms with Crippen LogP contribution in [0.2, 0.25) is 0 Å². The summed E-state index contributed by atoms with van der Waals surface area (Å²) in [4.78, 5) is 28.4. The van der Waals surface area contributed by atoms with Crippen molar-refractivity contribution in [2.24, 2.45) is 0 Å². The van der Waals surface area contributed by atoms with Gasteiger partial charge in [0.1, 0.15) is 11.5 Å². The number of fused-ring (bicyclic) bond motifs is 1. The molecule has 1 N–H and O–H groups in total. The number of carbonyl (C=O) groups is 1. The Hall–Kier alpha value is -4.05. The van der Waals surface area contributed by atoms with Crippen LogP contribution < -0.4 is 14.8 Å². The van der Waals surface area contributed by atoms with Crippen LogP contribution in [0.25, 0.3) is 16.7 Å². The molecule has 0 unspecified atom stereocenters. The van der Waals surface area contributed by atoms with Crippen molar-refractivity contribution >= 4 is 40.1 Å². The van der Waals surface area contributed by atoms with Gasteiger partial charge in [-0.05, 0) is 49.4 Å². The number of aromatic nitrogens is 2. The average molecular weight is 479 g/mol. The summed E-state index contributed by atoms with van der Waals surface area (Å²) in [5.41, 5.74) is 2.68. The van der Waals surface area contributed by atoms with Crippen LogP contribution in [-0.4, -0.2) is 39.9 Å². The molecule has 9 nitrogen and oxygen atoms in total. The highest BCUT2D eigenvalue weighted by molar-refractivity contribution is 8.00. The number of nitro benzene ring substituents is 1. The van der Waals surface area contributed by atoms with Crippen LogP contribution in [0, 0.1) is 10.1 Å². The molecule has 1 amide bonds. The van der Waals surface area contributed by atoms with Crippen molar-refractivity contribution < 1.29 is 19.2 Å². The minimum absolute atomic E-state index is 0.141. The topological polar surface area (TPSA) is 109 Å². The van der Waals surface area contributed by atoms with Gasteiger partial charge in [-0.25, -0.2) is 4.98 Å². The SMILES string of the molecule is COc1ccc(-n2c(S[C@H](C)C(=O)Nc3cc([N+](=O)[O-])ccc3OC)nc3ccccc32)cc1. The van der Waals surface area contributed by atoms with Crippen LogP contribution in [0.3, 0.4) is 0 Å². The summed E-state index contributed by atoms with van der Waals surface area (Å²) >= 11 is 1.29. The number of hydrogen-bond acceptors (Lipinski definition) is 7. The van der Waals surface area contributed by atoms with Gasteiger partial charge in [0.15, 0.2) is 5.16 Å². The number of anilines is 1. The third-order valence-corrected chi connectivity index (χ3v) is 6.22. The monoisotopic (exact) mass is 478 g/mol. The van der Waals surface area contributed by atoms with Crippen LogP contribution in [-0.2, 0) is 4.79 Å². The number of nitrogens with zero attached hydrogens (tertiary/aromatic N) is 3. The van der Waals surface area contributed by atoms with Gasteiger partial charge in [0.25, 0.3) is 5.69 Å². The highest BCUT2D eigenvalue weighted by Gasteiger charge is 2.22. The first-order chi connectivity index (χ1) is 16.4. The van der Waals surface area contributed by atoms with E-state index < -0.39 is 10.2 Å². The summed E-state index contributed by atoms with van der Waals surface area (Å²) in [7, 11) is 3.05. The van der Waals surface area contributed by atoms with E-state index >= 15 is 0 Å². The number of thioether (sulfide) groups is 1. The number of para-hydroxylation sites is 2. The number of amides is 1. The molecule has 0 bridgehead atoms. The zero-order valence-corrected chi connectivity index (χ0v) is 19.5. The molecule has 0 saturated carbocycles. The van der Waals surface area contributed by atoms with Crippen LogP contribution in [0.5, 0.6) is 11.5 Å². The molecule has 4 aromatic rings. The van der Waals surface area contributed by atoms with Gasteiger partial charge >= 0.3 is 0 Å². The van der Waals surface area contributed by atoms with Gasteiger partial charge in [-0.2, -0.15) is 0 Å². The summed E-state index contributed by atoms with van der Waals surface area (Å²) in [6.07, 6.45) is 0. The number of nitrogens with one attached hydrogen (secondary N) is 1. The number of methoxy groups -OCH3 is 2. The lowest BCUT2D eigenvalue weighted by Gasteiger charge is -2.15. The molecule has 0 fully saturated rings. The second-order valence-electron chi connectivity index (χ2n) is 7.31. The van der Waals surface area contributed by atoms with E-state index in [1.165, 1.54) is 37.1 Å². The molecule has 0 radical (unpaired) electrons. The Morgan fingerprint density at radius 3 is 2.50 bits per heavy atom. The summed E-state index contributed by atoms with van der Waals surface area (Å²) in [5, 5.41) is 14.0. The maximum Gasteiger partial charge on any atom is 0.271 e. The van der Waals surface area contributed by atoms with E-state index in [0.29, 0.717) is 10.9 Å². The standard InChI is InChI=1S/C24H22N4O5S/c1-15(23(29)25-20-14-17(28(30)31)10-13-22(20)33-3)34-24-26-19-6-4-5-7-21(19)27(24)16-8-11-18(32-2)12-9-16/h4-15H,1-3H3,(H,25,29)/t15-/m1/s1. The molecule has 0 aliphatic heterocycles. The van der Waals surface area contributed by atoms with E-state index in [0.717, 1.165) is 22.5 Å². The summed E-state index contributed by atoms with van der Waals surface area (Å²) in [5.74, 6) is 0.736. The minimum atomic E-state index is -0.558. The summed E-state index contributed by atoms with van der Waals surface area (Å²) < 4.78 is 12.5. The molecule has 34 heavy (non-hydrogen) atoms. The Morgan fingerprint density at radius 2 is 1.82 bits per heavy atom. The second-order valence-corrected chi connectivity index (χ2v) is 8.62. The number of non-ortho nitro benzene ring substituents is 1. The lowest BCUT2D eigenvalue weighted by atomic mass is 10.2. The van der Waals surface area contributed by atoms with E-state index in [-0.39, 0.29) is 17.3 Å². The molecule has 10 heteroatoms. The minimum Gasteiger partial charge on any atom is -0.497 e. The maximum absolute atomic E-state index is 13.0. The highest BCUT2D eigenvalue weighted by Crippen LogP contribution is 2.33. The molecule has 1 aromatic heterocycles. The van der Waals surface area contributed by atoms with Crippen LogP contribution in [0.1, 0.15) is 6.92 Å². The quantitative estimate of drug-likeness (QED) is 0.214. The van der Waals surface area contributed by atoms with E-state index in [9.17, 15) is 14.9 Å². The van der Waals surface area contributed by atoms with Crippen molar-refractivity contribution in [3.8, 4) is 17.2 Å². The largest absolute Gasteiger partial charge is 0.497 e. The Morgan fingerprint density at radius 1 is 1.09 bits per heavy atom. The number of benzene rings is 3. The van der Waals surface area contributed by atoms with Crippen molar-refractivity contribution in [1.29, 1.82) is 0 Å². The number of imidazole rings is 1. The third kappa shape index (κ3) is 4.67. The first-order valence-electron chi connectivity index (χ1n) is 10.3. The van der Waals surface area contributed by atoms with E-state index in [2.05, 4.69) is 5.32 Å². The number of carbonyl (C=O) groups excluding carboxylic acids is 1. The number of nitro groups is 1. The predicted octanol–water partition coefficient (Wildman–Crippen LogP) is 5.07. The lowest BCUT2D eigenvalue weighted by molar-refractivity contribution is -0.384. The molecular weight excluding hydrogens is 456 g/mol. The molecule has 4 rings (SSSR count). The van der Waals surface area contributed by atoms with Gasteiger partial charge < -0.3 is 14.8 Å². The molecule has 0 aliphatic rings. The average Bonchev–Trinajstić information content (AvgIpc) is 3.21. The molecule has 1 atom stereocenters. The third-order valence-electron chi connectivity index (χ3n) is 5.16. The molecule has 0 saturated heterocycles. The zero-order chi connectivity index (χ0) is 24.2. The van der Waals surface area contributed by atoms with Gasteiger partial charge in [-0.1, -0.05) is 23.9 Å². The van der Waals surface area contributed by atoms with E-state index in [4.69, 9.17) is 14.5 Å². The maximum atomic E-state index is 13.0. The van der Waals surface area contributed by atoms with E-state index in [1.807, 2.05) is 53.1 Å². The normalized spacial score (nSPS) is 11.7. The Kier molecular flexibility index (Phi) is 6.69. The molecule has 0 aliphatic carbocycles. The molecule has 0 spiro atoms. The fourth-order valence-electron chi connectivity index (χ4n) is 3.42.